The highest BCUT2D eigenvalue weighted by molar-refractivity contribution is 6.74. The molecule has 0 aromatic carbocycles. The van der Waals surface area contributed by atoms with Crippen LogP contribution in [0.3, 0.4) is 0 Å². The molecule has 2 nitrogen and oxygen atoms in total. The van der Waals surface area contributed by atoms with E-state index >= 15 is 0 Å². The predicted octanol–water partition coefficient (Wildman–Crippen LogP) is 4.07. The van der Waals surface area contributed by atoms with E-state index in [4.69, 9.17) is 9.16 Å². The largest absolute Gasteiger partial charge is 0.544 e. The standard InChI is InChI=1S/C12H24O2Si/c1-8-11(9-10-13-5)14-15(6,7)12(2,3)4/h8-10H,1-7H3/b10-9+,11-8-. The maximum absolute atomic E-state index is 6.09. The Morgan fingerprint density at radius 3 is 2.07 bits per heavy atom. The van der Waals surface area contributed by atoms with Crippen molar-refractivity contribution < 1.29 is 9.16 Å². The van der Waals surface area contributed by atoms with Crippen LogP contribution < -0.4 is 0 Å². The Labute approximate surface area is 95.1 Å². The number of allylic oxidation sites excluding steroid dienone is 2. The van der Waals surface area contributed by atoms with Gasteiger partial charge in [-0.1, -0.05) is 20.8 Å². The van der Waals surface area contributed by atoms with Gasteiger partial charge in [0.05, 0.1) is 13.4 Å². The lowest BCUT2D eigenvalue weighted by Crippen LogP contribution is -2.40. The van der Waals surface area contributed by atoms with Gasteiger partial charge in [0.2, 0.25) is 8.32 Å². The zero-order valence-corrected chi connectivity index (χ0v) is 12.0. The second-order valence-electron chi connectivity index (χ2n) is 5.09. The Morgan fingerprint density at radius 1 is 1.20 bits per heavy atom. The van der Waals surface area contributed by atoms with Gasteiger partial charge in [0.1, 0.15) is 5.76 Å². The first kappa shape index (κ1) is 14.3. The number of rotatable bonds is 4. The van der Waals surface area contributed by atoms with Crippen LogP contribution in [0.5, 0.6) is 0 Å². The molecule has 0 aromatic heterocycles. The van der Waals surface area contributed by atoms with Crippen molar-refractivity contribution in [3.63, 3.8) is 0 Å². The fourth-order valence-electron chi connectivity index (χ4n) is 0.772. The van der Waals surface area contributed by atoms with Crippen molar-refractivity contribution in [1.82, 2.24) is 0 Å². The molecular formula is C12H24O2Si. The predicted molar refractivity (Wildman–Crippen MR) is 68.2 cm³/mol. The molecule has 15 heavy (non-hydrogen) atoms. The summed E-state index contributed by atoms with van der Waals surface area (Å²) >= 11 is 0. The van der Waals surface area contributed by atoms with Crippen molar-refractivity contribution in [3.05, 3.63) is 24.2 Å². The van der Waals surface area contributed by atoms with Gasteiger partial charge in [-0.2, -0.15) is 0 Å². The summed E-state index contributed by atoms with van der Waals surface area (Å²) in [7, 11) is -0.0790. The SMILES string of the molecule is C/C=C(/C=C/OC)O[Si](C)(C)C(C)(C)C. The van der Waals surface area contributed by atoms with Crippen molar-refractivity contribution in [2.24, 2.45) is 0 Å². The number of methoxy groups -OCH3 is 1. The minimum atomic E-state index is -1.71. The molecule has 3 heteroatoms. The minimum Gasteiger partial charge on any atom is -0.544 e. The number of hydrogen-bond donors (Lipinski definition) is 0. The molecule has 0 spiro atoms. The molecule has 0 heterocycles. The molecule has 0 aliphatic heterocycles. The van der Waals surface area contributed by atoms with Crippen LogP contribution in [0.2, 0.25) is 18.1 Å². The molecule has 0 fully saturated rings. The van der Waals surface area contributed by atoms with Crippen molar-refractivity contribution in [3.8, 4) is 0 Å². The molecule has 88 valence electrons. The lowest BCUT2D eigenvalue weighted by Gasteiger charge is -2.36. The maximum atomic E-state index is 6.09. The Bertz CT molecular complexity index is 247. The molecule has 0 radical (unpaired) electrons. The van der Waals surface area contributed by atoms with Gasteiger partial charge in [-0.15, -0.1) is 0 Å². The topological polar surface area (TPSA) is 18.5 Å². The molecule has 0 bridgehead atoms. The average molecular weight is 228 g/mol. The maximum Gasteiger partial charge on any atom is 0.250 e. The Balaban J connectivity index is 4.63. The van der Waals surface area contributed by atoms with Gasteiger partial charge >= 0.3 is 0 Å². The van der Waals surface area contributed by atoms with Gasteiger partial charge in [-0.25, -0.2) is 0 Å². The molecular weight excluding hydrogens is 204 g/mol. The summed E-state index contributed by atoms with van der Waals surface area (Å²) in [5.41, 5.74) is 0. The van der Waals surface area contributed by atoms with E-state index in [0.717, 1.165) is 5.76 Å². The Kier molecular flexibility index (Phi) is 5.15. The second-order valence-corrected chi connectivity index (χ2v) is 9.82. The number of ether oxygens (including phenoxy) is 1. The van der Waals surface area contributed by atoms with Gasteiger partial charge in [0.25, 0.3) is 0 Å². The van der Waals surface area contributed by atoms with Gasteiger partial charge in [-0.05, 0) is 31.1 Å². The molecule has 0 aliphatic rings. The van der Waals surface area contributed by atoms with Crippen LogP contribution in [0.1, 0.15) is 27.7 Å². The van der Waals surface area contributed by atoms with Gasteiger partial charge in [-0.3, -0.25) is 0 Å². The Hall–Kier alpha value is -0.703. The van der Waals surface area contributed by atoms with Crippen molar-refractivity contribution in [1.29, 1.82) is 0 Å². The van der Waals surface area contributed by atoms with Crippen molar-refractivity contribution >= 4 is 8.32 Å². The van der Waals surface area contributed by atoms with Crippen molar-refractivity contribution in [2.75, 3.05) is 7.11 Å². The average Bonchev–Trinajstić information content (AvgIpc) is 2.10. The fourth-order valence-corrected chi connectivity index (χ4v) is 1.85. The molecule has 0 saturated carbocycles. The molecule has 0 aliphatic carbocycles. The minimum absolute atomic E-state index is 0.224. The van der Waals surface area contributed by atoms with Crippen LogP contribution in [0, 0.1) is 0 Å². The van der Waals surface area contributed by atoms with Crippen LogP contribution in [0.4, 0.5) is 0 Å². The zero-order valence-electron chi connectivity index (χ0n) is 11.0. The van der Waals surface area contributed by atoms with Crippen LogP contribution in [-0.4, -0.2) is 15.4 Å². The number of hydrogen-bond acceptors (Lipinski definition) is 2. The van der Waals surface area contributed by atoms with E-state index in [-0.39, 0.29) is 5.04 Å². The van der Waals surface area contributed by atoms with E-state index in [0.29, 0.717) is 0 Å². The molecule has 0 rings (SSSR count). The first-order valence-electron chi connectivity index (χ1n) is 5.29. The van der Waals surface area contributed by atoms with Gasteiger partial charge < -0.3 is 9.16 Å². The van der Waals surface area contributed by atoms with E-state index in [2.05, 4.69) is 33.9 Å². The summed E-state index contributed by atoms with van der Waals surface area (Å²) in [6.45, 7) is 13.1. The summed E-state index contributed by atoms with van der Waals surface area (Å²) in [4.78, 5) is 0. The first-order valence-corrected chi connectivity index (χ1v) is 8.20. The summed E-state index contributed by atoms with van der Waals surface area (Å²) in [6, 6.07) is 0. The molecule has 0 aromatic rings. The van der Waals surface area contributed by atoms with Crippen LogP contribution in [0.15, 0.2) is 24.2 Å². The van der Waals surface area contributed by atoms with Crippen LogP contribution in [0.25, 0.3) is 0 Å². The van der Waals surface area contributed by atoms with Crippen LogP contribution >= 0.6 is 0 Å². The molecule has 0 atom stereocenters. The molecule has 0 N–H and O–H groups in total. The summed E-state index contributed by atoms with van der Waals surface area (Å²) in [5.74, 6) is 0.892. The lowest BCUT2D eigenvalue weighted by molar-refractivity contribution is 0.332. The van der Waals surface area contributed by atoms with E-state index in [9.17, 15) is 0 Å². The summed E-state index contributed by atoms with van der Waals surface area (Å²) in [6.07, 6.45) is 5.47. The smallest absolute Gasteiger partial charge is 0.250 e. The quantitative estimate of drug-likeness (QED) is 0.410. The fraction of sp³-hybridized carbons (Fsp3) is 0.667. The summed E-state index contributed by atoms with van der Waals surface area (Å²) < 4.78 is 11.0. The molecule has 0 unspecified atom stereocenters. The zero-order chi connectivity index (χ0) is 12.1. The third-order valence-corrected chi connectivity index (χ3v) is 7.19. The van der Waals surface area contributed by atoms with Gasteiger partial charge in [0.15, 0.2) is 0 Å². The first-order chi connectivity index (χ1) is 6.74. The Morgan fingerprint density at radius 2 is 1.73 bits per heavy atom. The third kappa shape index (κ3) is 4.56. The molecule has 0 saturated heterocycles. The highest BCUT2D eigenvalue weighted by Gasteiger charge is 2.39. The highest BCUT2D eigenvalue weighted by atomic mass is 28.4. The van der Waals surface area contributed by atoms with E-state index in [1.807, 2.05) is 19.1 Å². The van der Waals surface area contributed by atoms with E-state index in [1.54, 1.807) is 13.4 Å². The van der Waals surface area contributed by atoms with E-state index < -0.39 is 8.32 Å². The monoisotopic (exact) mass is 228 g/mol. The summed E-state index contributed by atoms with van der Waals surface area (Å²) in [5, 5.41) is 0.224. The van der Waals surface area contributed by atoms with Crippen LogP contribution in [-0.2, 0) is 9.16 Å². The second kappa shape index (κ2) is 5.40. The lowest BCUT2D eigenvalue weighted by atomic mass is 10.2. The molecule has 0 amide bonds. The third-order valence-electron chi connectivity index (χ3n) is 2.83. The van der Waals surface area contributed by atoms with E-state index in [1.165, 1.54) is 0 Å². The van der Waals surface area contributed by atoms with Crippen molar-refractivity contribution in [2.45, 2.75) is 45.8 Å². The normalized spacial score (nSPS) is 14.5. The van der Waals surface area contributed by atoms with Gasteiger partial charge in [0, 0.05) is 6.08 Å². The highest BCUT2D eigenvalue weighted by Crippen LogP contribution is 2.37.